The van der Waals surface area contributed by atoms with Gasteiger partial charge in [-0.2, -0.15) is 0 Å². The molecule has 1 heterocycles. The van der Waals surface area contributed by atoms with E-state index in [2.05, 4.69) is 26.2 Å². The lowest BCUT2D eigenvalue weighted by Gasteiger charge is -2.07. The minimum atomic E-state index is -0.146. The SMILES string of the molecule is O=C(NCCOc1ccc(Br)cc1)c1cccnc1. The number of hydrogen-bond acceptors (Lipinski definition) is 3. The molecule has 4 nitrogen and oxygen atoms in total. The van der Waals surface area contributed by atoms with Crippen LogP contribution in [0.3, 0.4) is 0 Å². The average Bonchev–Trinajstić information content (AvgIpc) is 2.46. The highest BCUT2D eigenvalue weighted by atomic mass is 79.9. The highest BCUT2D eigenvalue weighted by Gasteiger charge is 2.03. The Hall–Kier alpha value is -1.88. The lowest BCUT2D eigenvalue weighted by molar-refractivity contribution is 0.0946. The molecule has 0 fully saturated rings. The second kappa shape index (κ2) is 6.89. The summed E-state index contributed by atoms with van der Waals surface area (Å²) in [5.74, 6) is 0.631. The van der Waals surface area contributed by atoms with Crippen molar-refractivity contribution in [3.05, 3.63) is 58.8 Å². The summed E-state index contributed by atoms with van der Waals surface area (Å²) in [5, 5.41) is 2.77. The summed E-state index contributed by atoms with van der Waals surface area (Å²) >= 11 is 3.35. The number of carbonyl (C=O) groups excluding carboxylic acids is 1. The number of amides is 1. The minimum absolute atomic E-state index is 0.146. The minimum Gasteiger partial charge on any atom is -0.492 e. The van der Waals surface area contributed by atoms with Crippen molar-refractivity contribution < 1.29 is 9.53 Å². The highest BCUT2D eigenvalue weighted by molar-refractivity contribution is 9.10. The van der Waals surface area contributed by atoms with E-state index >= 15 is 0 Å². The quantitative estimate of drug-likeness (QED) is 0.862. The predicted molar refractivity (Wildman–Crippen MR) is 76.2 cm³/mol. The first-order valence-electron chi connectivity index (χ1n) is 5.82. The molecule has 0 bridgehead atoms. The third-order valence-corrected chi connectivity index (χ3v) is 2.92. The Morgan fingerprint density at radius 2 is 2.05 bits per heavy atom. The van der Waals surface area contributed by atoms with E-state index in [0.717, 1.165) is 10.2 Å². The van der Waals surface area contributed by atoms with Gasteiger partial charge in [-0.1, -0.05) is 15.9 Å². The zero-order chi connectivity index (χ0) is 13.5. The predicted octanol–water partition coefficient (Wildman–Crippen LogP) is 2.65. The summed E-state index contributed by atoms with van der Waals surface area (Å²) in [4.78, 5) is 15.6. The van der Waals surface area contributed by atoms with Crippen molar-refractivity contribution in [1.82, 2.24) is 10.3 Å². The fraction of sp³-hybridized carbons (Fsp3) is 0.143. The van der Waals surface area contributed by atoms with Gasteiger partial charge in [-0.15, -0.1) is 0 Å². The molecule has 0 atom stereocenters. The lowest BCUT2D eigenvalue weighted by Crippen LogP contribution is -2.28. The largest absolute Gasteiger partial charge is 0.492 e. The molecular weight excluding hydrogens is 308 g/mol. The van der Waals surface area contributed by atoms with Crippen molar-refractivity contribution in [1.29, 1.82) is 0 Å². The number of rotatable bonds is 5. The van der Waals surface area contributed by atoms with Crippen LogP contribution >= 0.6 is 15.9 Å². The molecule has 0 unspecified atom stereocenters. The Kier molecular flexibility index (Phi) is 4.92. The molecule has 1 amide bonds. The zero-order valence-electron chi connectivity index (χ0n) is 10.2. The molecule has 98 valence electrons. The second-order valence-electron chi connectivity index (χ2n) is 3.80. The van der Waals surface area contributed by atoms with Gasteiger partial charge in [0, 0.05) is 16.9 Å². The molecule has 19 heavy (non-hydrogen) atoms. The Morgan fingerprint density at radius 3 is 2.74 bits per heavy atom. The van der Waals surface area contributed by atoms with Crippen molar-refractivity contribution in [3.63, 3.8) is 0 Å². The summed E-state index contributed by atoms with van der Waals surface area (Å²) in [6, 6.07) is 11.0. The average molecular weight is 321 g/mol. The molecule has 1 aromatic carbocycles. The molecule has 0 spiro atoms. The number of hydrogen-bond donors (Lipinski definition) is 1. The van der Waals surface area contributed by atoms with Crippen LogP contribution in [-0.2, 0) is 0 Å². The molecule has 0 aliphatic carbocycles. The molecule has 1 aromatic heterocycles. The van der Waals surface area contributed by atoms with E-state index in [1.807, 2.05) is 24.3 Å². The standard InChI is InChI=1S/C14H13BrN2O2/c15-12-3-5-13(6-4-12)19-9-8-17-14(18)11-2-1-7-16-10-11/h1-7,10H,8-9H2,(H,17,18). The number of benzene rings is 1. The molecule has 2 aromatic rings. The van der Waals surface area contributed by atoms with Gasteiger partial charge in [0.25, 0.3) is 5.91 Å². The molecule has 0 radical (unpaired) electrons. The van der Waals surface area contributed by atoms with Gasteiger partial charge < -0.3 is 10.1 Å². The van der Waals surface area contributed by atoms with Gasteiger partial charge in [-0.3, -0.25) is 9.78 Å². The Morgan fingerprint density at radius 1 is 1.26 bits per heavy atom. The maximum atomic E-state index is 11.7. The number of pyridine rings is 1. The number of nitrogens with one attached hydrogen (secondary N) is 1. The molecule has 0 aliphatic rings. The number of ether oxygens (including phenoxy) is 1. The van der Waals surface area contributed by atoms with E-state index in [9.17, 15) is 4.79 Å². The molecule has 1 N–H and O–H groups in total. The van der Waals surface area contributed by atoms with Crippen molar-refractivity contribution in [2.24, 2.45) is 0 Å². The maximum Gasteiger partial charge on any atom is 0.252 e. The third-order valence-electron chi connectivity index (χ3n) is 2.39. The fourth-order valence-corrected chi connectivity index (χ4v) is 1.73. The number of nitrogens with zero attached hydrogens (tertiary/aromatic N) is 1. The van der Waals surface area contributed by atoms with Crippen LogP contribution in [0.5, 0.6) is 5.75 Å². The second-order valence-corrected chi connectivity index (χ2v) is 4.72. The highest BCUT2D eigenvalue weighted by Crippen LogP contribution is 2.15. The number of halogens is 1. The van der Waals surface area contributed by atoms with Crippen molar-refractivity contribution in [3.8, 4) is 5.75 Å². The summed E-state index contributed by atoms with van der Waals surface area (Å²) in [7, 11) is 0. The Balaban J connectivity index is 1.72. The normalized spacial score (nSPS) is 9.95. The van der Waals surface area contributed by atoms with Crippen LogP contribution in [0.1, 0.15) is 10.4 Å². The first-order valence-corrected chi connectivity index (χ1v) is 6.61. The van der Waals surface area contributed by atoms with E-state index < -0.39 is 0 Å². The monoisotopic (exact) mass is 320 g/mol. The van der Waals surface area contributed by atoms with Crippen LogP contribution < -0.4 is 10.1 Å². The number of aromatic nitrogens is 1. The van der Waals surface area contributed by atoms with Crippen LogP contribution in [-0.4, -0.2) is 24.0 Å². The summed E-state index contributed by atoms with van der Waals surface area (Å²) in [6.07, 6.45) is 3.17. The molecule has 5 heteroatoms. The van der Waals surface area contributed by atoms with Gasteiger partial charge in [0.05, 0.1) is 12.1 Å². The van der Waals surface area contributed by atoms with E-state index in [4.69, 9.17) is 4.74 Å². The van der Waals surface area contributed by atoms with Gasteiger partial charge in [0.1, 0.15) is 12.4 Å². The van der Waals surface area contributed by atoms with Gasteiger partial charge in [0.15, 0.2) is 0 Å². The maximum absolute atomic E-state index is 11.7. The summed E-state index contributed by atoms with van der Waals surface area (Å²) in [5.41, 5.74) is 0.547. The Labute approximate surface area is 119 Å². The lowest BCUT2D eigenvalue weighted by atomic mass is 10.3. The van der Waals surface area contributed by atoms with E-state index in [1.165, 1.54) is 6.20 Å². The van der Waals surface area contributed by atoms with Crippen LogP contribution in [0.2, 0.25) is 0 Å². The summed E-state index contributed by atoms with van der Waals surface area (Å²) in [6.45, 7) is 0.872. The summed E-state index contributed by atoms with van der Waals surface area (Å²) < 4.78 is 6.50. The van der Waals surface area contributed by atoms with Gasteiger partial charge >= 0.3 is 0 Å². The molecule has 0 aliphatic heterocycles. The van der Waals surface area contributed by atoms with Crippen LogP contribution in [0.4, 0.5) is 0 Å². The van der Waals surface area contributed by atoms with Gasteiger partial charge in [-0.25, -0.2) is 0 Å². The van der Waals surface area contributed by atoms with Gasteiger partial charge in [-0.05, 0) is 36.4 Å². The van der Waals surface area contributed by atoms with Crippen molar-refractivity contribution in [2.45, 2.75) is 0 Å². The Bertz CT molecular complexity index is 529. The van der Waals surface area contributed by atoms with E-state index in [0.29, 0.717) is 18.7 Å². The topological polar surface area (TPSA) is 51.2 Å². The van der Waals surface area contributed by atoms with Crippen molar-refractivity contribution >= 4 is 21.8 Å². The van der Waals surface area contributed by atoms with E-state index in [-0.39, 0.29) is 5.91 Å². The van der Waals surface area contributed by atoms with Crippen LogP contribution in [0.25, 0.3) is 0 Å². The van der Waals surface area contributed by atoms with E-state index in [1.54, 1.807) is 18.3 Å². The smallest absolute Gasteiger partial charge is 0.252 e. The molecule has 2 rings (SSSR count). The third kappa shape index (κ3) is 4.37. The van der Waals surface area contributed by atoms with Gasteiger partial charge in [0.2, 0.25) is 0 Å². The fourth-order valence-electron chi connectivity index (χ4n) is 1.46. The first kappa shape index (κ1) is 13.5. The van der Waals surface area contributed by atoms with Crippen LogP contribution in [0.15, 0.2) is 53.3 Å². The van der Waals surface area contributed by atoms with Crippen LogP contribution in [0, 0.1) is 0 Å². The molecular formula is C14H13BrN2O2. The molecule has 0 saturated heterocycles. The number of carbonyl (C=O) groups is 1. The van der Waals surface area contributed by atoms with Crippen molar-refractivity contribution in [2.75, 3.05) is 13.2 Å². The molecule has 0 saturated carbocycles. The zero-order valence-corrected chi connectivity index (χ0v) is 11.8. The first-order chi connectivity index (χ1) is 9.25.